The molecule has 0 saturated carbocycles. The topological polar surface area (TPSA) is 12.0 Å². The van der Waals surface area contributed by atoms with Gasteiger partial charge in [0.1, 0.15) is 5.82 Å². The van der Waals surface area contributed by atoms with Gasteiger partial charge in [0.05, 0.1) is 5.02 Å². The summed E-state index contributed by atoms with van der Waals surface area (Å²) in [6, 6.07) is 10.6. The fraction of sp³-hybridized carbons (Fsp3) is 0.200. The van der Waals surface area contributed by atoms with E-state index in [2.05, 4.69) is 21.2 Å². The largest absolute Gasteiger partial charge is 0.313 e. The van der Waals surface area contributed by atoms with E-state index in [1.807, 2.05) is 25.2 Å². The van der Waals surface area contributed by atoms with E-state index < -0.39 is 5.82 Å². The first-order valence-electron chi connectivity index (χ1n) is 6.07. The number of nitrogens with one attached hydrogen (secondary N) is 1. The average molecular weight is 377 g/mol. The molecule has 0 aliphatic rings. The van der Waals surface area contributed by atoms with E-state index in [9.17, 15) is 4.39 Å². The van der Waals surface area contributed by atoms with Gasteiger partial charge in [-0.05, 0) is 48.9 Å². The van der Waals surface area contributed by atoms with Crippen LogP contribution in [0, 0.1) is 5.82 Å². The third-order valence-electron chi connectivity index (χ3n) is 3.13. The Labute approximate surface area is 136 Å². The van der Waals surface area contributed by atoms with Crippen LogP contribution in [0.3, 0.4) is 0 Å². The van der Waals surface area contributed by atoms with Crippen molar-refractivity contribution in [2.24, 2.45) is 0 Å². The Balaban J connectivity index is 2.26. The highest BCUT2D eigenvalue weighted by molar-refractivity contribution is 9.10. The van der Waals surface area contributed by atoms with Crippen LogP contribution < -0.4 is 5.32 Å². The second-order valence-electron chi connectivity index (χ2n) is 4.45. The molecule has 106 valence electrons. The molecule has 0 amide bonds. The van der Waals surface area contributed by atoms with Crippen LogP contribution in [0.1, 0.15) is 17.2 Å². The molecule has 0 fully saturated rings. The summed E-state index contributed by atoms with van der Waals surface area (Å²) in [5, 5.41) is 4.03. The van der Waals surface area contributed by atoms with Crippen molar-refractivity contribution in [1.29, 1.82) is 0 Å². The average Bonchev–Trinajstić information content (AvgIpc) is 2.41. The highest BCUT2D eigenvalue weighted by Gasteiger charge is 2.14. The Morgan fingerprint density at radius 2 is 1.90 bits per heavy atom. The number of hydrogen-bond donors (Lipinski definition) is 1. The van der Waals surface area contributed by atoms with E-state index in [4.69, 9.17) is 23.2 Å². The second-order valence-corrected chi connectivity index (χ2v) is 6.18. The molecule has 1 N–H and O–H groups in total. The van der Waals surface area contributed by atoms with Gasteiger partial charge in [-0.25, -0.2) is 4.39 Å². The zero-order valence-electron chi connectivity index (χ0n) is 10.8. The smallest absolute Gasteiger partial charge is 0.141 e. The first-order valence-corrected chi connectivity index (χ1v) is 7.62. The number of rotatable bonds is 4. The minimum atomic E-state index is -0.410. The second kappa shape index (κ2) is 6.90. The molecule has 0 heterocycles. The van der Waals surface area contributed by atoms with Crippen LogP contribution in [0.4, 0.5) is 4.39 Å². The van der Waals surface area contributed by atoms with Crippen molar-refractivity contribution in [3.05, 3.63) is 67.9 Å². The summed E-state index contributed by atoms with van der Waals surface area (Å²) in [5.74, 6) is -0.410. The molecule has 5 heteroatoms. The lowest BCUT2D eigenvalue weighted by Crippen LogP contribution is -2.19. The Kier molecular flexibility index (Phi) is 5.44. The normalized spacial score (nSPS) is 12.4. The van der Waals surface area contributed by atoms with Gasteiger partial charge in [-0.15, -0.1) is 0 Å². The highest BCUT2D eigenvalue weighted by Crippen LogP contribution is 2.28. The van der Waals surface area contributed by atoms with Gasteiger partial charge in [0, 0.05) is 15.5 Å². The van der Waals surface area contributed by atoms with Gasteiger partial charge in [-0.1, -0.05) is 51.3 Å². The first kappa shape index (κ1) is 15.8. The number of hydrogen-bond acceptors (Lipinski definition) is 1. The van der Waals surface area contributed by atoms with E-state index in [0.29, 0.717) is 11.4 Å². The van der Waals surface area contributed by atoms with Crippen LogP contribution >= 0.6 is 39.1 Å². The summed E-state index contributed by atoms with van der Waals surface area (Å²) in [7, 11) is 1.86. The number of likely N-dealkylation sites (N-methyl/N-ethyl adjacent to an activating group) is 1. The lowest BCUT2D eigenvalue weighted by Gasteiger charge is -2.18. The minimum absolute atomic E-state index is 0.0202. The van der Waals surface area contributed by atoms with Crippen molar-refractivity contribution >= 4 is 39.1 Å². The Morgan fingerprint density at radius 1 is 1.15 bits per heavy atom. The molecule has 2 rings (SSSR count). The molecule has 0 spiro atoms. The summed E-state index contributed by atoms with van der Waals surface area (Å²) >= 11 is 15.4. The van der Waals surface area contributed by atoms with Crippen molar-refractivity contribution in [3.8, 4) is 0 Å². The van der Waals surface area contributed by atoms with Gasteiger partial charge in [-0.3, -0.25) is 0 Å². The van der Waals surface area contributed by atoms with Gasteiger partial charge in [-0.2, -0.15) is 0 Å². The predicted octanol–water partition coefficient (Wildman–Crippen LogP) is 5.40. The fourth-order valence-corrected chi connectivity index (χ4v) is 2.96. The SMILES string of the molecule is CNC(Cc1ccc(Br)cc1Cl)c1ccc(F)c(Cl)c1. The van der Waals surface area contributed by atoms with Crippen LogP contribution in [0.25, 0.3) is 0 Å². The van der Waals surface area contributed by atoms with Gasteiger partial charge in [0.15, 0.2) is 0 Å². The van der Waals surface area contributed by atoms with Crippen molar-refractivity contribution < 1.29 is 4.39 Å². The molecule has 0 saturated heterocycles. The molecule has 2 aromatic rings. The molecule has 1 atom stereocenters. The fourth-order valence-electron chi connectivity index (χ4n) is 2.02. The number of benzene rings is 2. The van der Waals surface area contributed by atoms with Crippen molar-refractivity contribution in [3.63, 3.8) is 0 Å². The van der Waals surface area contributed by atoms with Crippen molar-refractivity contribution in [2.45, 2.75) is 12.5 Å². The van der Waals surface area contributed by atoms with Crippen LogP contribution in [0.2, 0.25) is 10.0 Å². The van der Waals surface area contributed by atoms with Crippen molar-refractivity contribution in [1.82, 2.24) is 5.32 Å². The van der Waals surface area contributed by atoms with E-state index >= 15 is 0 Å². The zero-order valence-corrected chi connectivity index (χ0v) is 13.9. The highest BCUT2D eigenvalue weighted by atomic mass is 79.9. The molecule has 0 radical (unpaired) electrons. The van der Waals surface area contributed by atoms with Gasteiger partial charge >= 0.3 is 0 Å². The molecule has 0 aliphatic heterocycles. The predicted molar refractivity (Wildman–Crippen MR) is 86.1 cm³/mol. The Bertz CT molecular complexity index is 619. The van der Waals surface area contributed by atoms with E-state index in [0.717, 1.165) is 15.6 Å². The maximum Gasteiger partial charge on any atom is 0.141 e. The van der Waals surface area contributed by atoms with E-state index in [-0.39, 0.29) is 11.1 Å². The van der Waals surface area contributed by atoms with Gasteiger partial charge in [0.2, 0.25) is 0 Å². The van der Waals surface area contributed by atoms with E-state index in [1.165, 1.54) is 6.07 Å². The summed E-state index contributed by atoms with van der Waals surface area (Å²) in [5.41, 5.74) is 1.95. The van der Waals surface area contributed by atoms with Crippen LogP contribution in [-0.2, 0) is 6.42 Å². The molecule has 1 unspecified atom stereocenters. The lowest BCUT2D eigenvalue weighted by atomic mass is 9.99. The molecular formula is C15H13BrCl2FN. The summed E-state index contributed by atoms with van der Waals surface area (Å²) < 4.78 is 14.2. The Hall–Kier alpha value is -0.610. The van der Waals surface area contributed by atoms with Crippen LogP contribution in [0.5, 0.6) is 0 Å². The van der Waals surface area contributed by atoms with Gasteiger partial charge in [0.25, 0.3) is 0 Å². The minimum Gasteiger partial charge on any atom is -0.313 e. The maximum atomic E-state index is 13.2. The summed E-state index contributed by atoms with van der Waals surface area (Å²) in [6.45, 7) is 0. The van der Waals surface area contributed by atoms with Gasteiger partial charge < -0.3 is 5.32 Å². The summed E-state index contributed by atoms with van der Waals surface area (Å²) in [4.78, 5) is 0. The third kappa shape index (κ3) is 3.73. The quantitative estimate of drug-likeness (QED) is 0.753. The zero-order chi connectivity index (χ0) is 14.7. The van der Waals surface area contributed by atoms with Crippen LogP contribution in [-0.4, -0.2) is 7.05 Å². The van der Waals surface area contributed by atoms with Crippen LogP contribution in [0.15, 0.2) is 40.9 Å². The van der Waals surface area contributed by atoms with E-state index in [1.54, 1.807) is 12.1 Å². The van der Waals surface area contributed by atoms with Crippen molar-refractivity contribution in [2.75, 3.05) is 7.05 Å². The molecule has 0 bridgehead atoms. The number of halogens is 4. The molecule has 0 aliphatic carbocycles. The molecule has 0 aromatic heterocycles. The standard InChI is InChI=1S/C15H13BrCl2FN/c1-20-15(10-3-5-14(19)13(18)6-10)7-9-2-4-11(16)8-12(9)17/h2-6,8,15,20H,7H2,1H3. The summed E-state index contributed by atoms with van der Waals surface area (Å²) in [6.07, 6.45) is 0.699. The molecule has 20 heavy (non-hydrogen) atoms. The molecule has 2 aromatic carbocycles. The third-order valence-corrected chi connectivity index (χ3v) is 4.27. The Morgan fingerprint density at radius 3 is 2.50 bits per heavy atom. The molecular weight excluding hydrogens is 364 g/mol. The lowest BCUT2D eigenvalue weighted by molar-refractivity contribution is 0.586. The molecule has 1 nitrogen and oxygen atoms in total. The monoisotopic (exact) mass is 375 g/mol. The first-order chi connectivity index (χ1) is 9.51. The maximum absolute atomic E-state index is 13.2.